The van der Waals surface area contributed by atoms with Crippen LogP contribution in [0, 0.1) is 24.1 Å². The van der Waals surface area contributed by atoms with Crippen LogP contribution < -0.4 is 0 Å². The van der Waals surface area contributed by atoms with E-state index in [-0.39, 0.29) is 10.6 Å². The third kappa shape index (κ3) is 3.24. The van der Waals surface area contributed by atoms with E-state index in [4.69, 9.17) is 23.2 Å². The van der Waals surface area contributed by atoms with Crippen LogP contribution in [0.25, 0.3) is 0 Å². The van der Waals surface area contributed by atoms with E-state index >= 15 is 0 Å². The number of aryl methyl sites for hydroxylation is 1. The number of carbonyl (C=O) groups excluding carboxylic acids is 1. The summed E-state index contributed by atoms with van der Waals surface area (Å²) in [4.78, 5) is 12.4. The molecule has 0 radical (unpaired) electrons. The Morgan fingerprint density at radius 1 is 1.24 bits per heavy atom. The van der Waals surface area contributed by atoms with E-state index in [1.807, 2.05) is 6.07 Å². The standard InChI is InChI=1S/C16H10Cl2FNO/c1-9-6-10(2-5-15(9)19)16(21)13(8-20)12-4-3-11(17)7-14(12)18/h2-7,13H,1H3. The molecule has 0 saturated carbocycles. The number of Topliss-reactive ketones (excluding diaryl/α,β-unsaturated/α-hetero) is 1. The molecule has 1 atom stereocenters. The van der Waals surface area contributed by atoms with E-state index in [0.29, 0.717) is 16.1 Å². The third-order valence-electron chi connectivity index (χ3n) is 3.11. The summed E-state index contributed by atoms with van der Waals surface area (Å²) in [6.45, 7) is 1.56. The predicted molar refractivity (Wildman–Crippen MR) is 80.3 cm³/mol. The van der Waals surface area contributed by atoms with Gasteiger partial charge >= 0.3 is 0 Å². The fourth-order valence-electron chi connectivity index (χ4n) is 1.97. The molecular formula is C16H10Cl2FNO. The topological polar surface area (TPSA) is 40.9 Å². The van der Waals surface area contributed by atoms with Gasteiger partial charge in [-0.3, -0.25) is 4.79 Å². The lowest BCUT2D eigenvalue weighted by atomic mass is 9.91. The number of halogens is 3. The summed E-state index contributed by atoms with van der Waals surface area (Å²) in [5.74, 6) is -1.88. The molecule has 0 aromatic heterocycles. The van der Waals surface area contributed by atoms with Crippen LogP contribution >= 0.6 is 23.2 Å². The lowest BCUT2D eigenvalue weighted by Gasteiger charge is -2.11. The van der Waals surface area contributed by atoms with Gasteiger partial charge in [-0.15, -0.1) is 0 Å². The van der Waals surface area contributed by atoms with E-state index in [2.05, 4.69) is 0 Å². The van der Waals surface area contributed by atoms with Crippen LogP contribution in [0.4, 0.5) is 4.39 Å². The molecule has 2 rings (SSSR count). The van der Waals surface area contributed by atoms with Crippen molar-refractivity contribution in [2.24, 2.45) is 0 Å². The molecule has 0 aliphatic heterocycles. The molecule has 0 aliphatic carbocycles. The molecule has 0 heterocycles. The molecule has 0 saturated heterocycles. The second-order valence-corrected chi connectivity index (χ2v) is 5.40. The van der Waals surface area contributed by atoms with Crippen LogP contribution in [0.2, 0.25) is 10.0 Å². The lowest BCUT2D eigenvalue weighted by Crippen LogP contribution is -2.12. The van der Waals surface area contributed by atoms with Crippen LogP contribution in [0.1, 0.15) is 27.4 Å². The maximum absolute atomic E-state index is 13.3. The first-order valence-corrected chi connectivity index (χ1v) is 6.84. The average Bonchev–Trinajstić information content (AvgIpc) is 2.44. The van der Waals surface area contributed by atoms with Crippen molar-refractivity contribution in [3.8, 4) is 6.07 Å². The number of ketones is 1. The van der Waals surface area contributed by atoms with E-state index in [9.17, 15) is 14.4 Å². The number of benzene rings is 2. The van der Waals surface area contributed by atoms with Crippen molar-refractivity contribution in [1.82, 2.24) is 0 Å². The van der Waals surface area contributed by atoms with Crippen LogP contribution in [0.5, 0.6) is 0 Å². The molecule has 0 N–H and O–H groups in total. The fourth-order valence-corrected chi connectivity index (χ4v) is 2.49. The molecule has 2 aromatic rings. The van der Waals surface area contributed by atoms with Gasteiger partial charge in [-0.25, -0.2) is 4.39 Å². The molecule has 2 nitrogen and oxygen atoms in total. The molecule has 0 aliphatic rings. The number of rotatable bonds is 3. The van der Waals surface area contributed by atoms with Gasteiger partial charge in [-0.1, -0.05) is 29.3 Å². The van der Waals surface area contributed by atoms with Crippen molar-refractivity contribution in [3.63, 3.8) is 0 Å². The van der Waals surface area contributed by atoms with Gasteiger partial charge in [0.25, 0.3) is 0 Å². The monoisotopic (exact) mass is 321 g/mol. The van der Waals surface area contributed by atoms with Gasteiger partial charge in [0.2, 0.25) is 0 Å². The van der Waals surface area contributed by atoms with Crippen LogP contribution in [0.3, 0.4) is 0 Å². The Morgan fingerprint density at radius 2 is 1.95 bits per heavy atom. The highest BCUT2D eigenvalue weighted by atomic mass is 35.5. The summed E-state index contributed by atoms with van der Waals surface area (Å²) in [7, 11) is 0. The Kier molecular flexibility index (Phi) is 4.62. The quantitative estimate of drug-likeness (QED) is 0.752. The first-order chi connectivity index (χ1) is 9.93. The van der Waals surface area contributed by atoms with E-state index in [0.717, 1.165) is 0 Å². The summed E-state index contributed by atoms with van der Waals surface area (Å²) >= 11 is 11.8. The smallest absolute Gasteiger partial charge is 0.184 e. The minimum Gasteiger partial charge on any atom is -0.292 e. The maximum Gasteiger partial charge on any atom is 0.184 e. The van der Waals surface area contributed by atoms with Gasteiger partial charge in [0.15, 0.2) is 5.78 Å². The Morgan fingerprint density at radius 3 is 2.52 bits per heavy atom. The number of hydrogen-bond acceptors (Lipinski definition) is 2. The molecule has 21 heavy (non-hydrogen) atoms. The normalized spacial score (nSPS) is 11.8. The second kappa shape index (κ2) is 6.26. The van der Waals surface area contributed by atoms with Gasteiger partial charge < -0.3 is 0 Å². The van der Waals surface area contributed by atoms with Crippen molar-refractivity contribution in [2.75, 3.05) is 0 Å². The largest absolute Gasteiger partial charge is 0.292 e. The summed E-state index contributed by atoms with van der Waals surface area (Å²) in [6, 6.07) is 10.5. The highest BCUT2D eigenvalue weighted by Gasteiger charge is 2.24. The van der Waals surface area contributed by atoms with Gasteiger partial charge in [-0.2, -0.15) is 5.26 Å². The van der Waals surface area contributed by atoms with Gasteiger partial charge in [0.05, 0.1) is 6.07 Å². The zero-order chi connectivity index (χ0) is 15.6. The van der Waals surface area contributed by atoms with E-state index < -0.39 is 17.5 Å². The first-order valence-electron chi connectivity index (χ1n) is 6.09. The van der Waals surface area contributed by atoms with Gasteiger partial charge in [0, 0.05) is 15.6 Å². The molecule has 2 aromatic carbocycles. The van der Waals surface area contributed by atoms with Gasteiger partial charge in [-0.05, 0) is 48.4 Å². The second-order valence-electron chi connectivity index (χ2n) is 4.56. The molecule has 0 spiro atoms. The number of nitriles is 1. The fraction of sp³-hybridized carbons (Fsp3) is 0.125. The molecule has 106 valence electrons. The predicted octanol–water partition coefficient (Wildman–Crippen LogP) is 4.93. The zero-order valence-electron chi connectivity index (χ0n) is 11.0. The van der Waals surface area contributed by atoms with E-state index in [1.165, 1.54) is 24.3 Å². The maximum atomic E-state index is 13.3. The number of hydrogen-bond donors (Lipinski definition) is 0. The van der Waals surface area contributed by atoms with Crippen molar-refractivity contribution in [1.29, 1.82) is 5.26 Å². The summed E-state index contributed by atoms with van der Waals surface area (Å²) < 4.78 is 13.3. The van der Waals surface area contributed by atoms with Crippen LogP contribution in [0.15, 0.2) is 36.4 Å². The Hall–Kier alpha value is -1.89. The van der Waals surface area contributed by atoms with E-state index in [1.54, 1.807) is 19.1 Å². The minimum atomic E-state index is -1.06. The summed E-state index contributed by atoms with van der Waals surface area (Å²) in [5, 5.41) is 9.97. The zero-order valence-corrected chi connectivity index (χ0v) is 12.5. The molecular weight excluding hydrogens is 312 g/mol. The van der Waals surface area contributed by atoms with Crippen molar-refractivity contribution >= 4 is 29.0 Å². The Labute approximate surface area is 131 Å². The number of carbonyl (C=O) groups is 1. The highest BCUT2D eigenvalue weighted by Crippen LogP contribution is 2.30. The molecule has 0 fully saturated rings. The minimum absolute atomic E-state index is 0.251. The van der Waals surface area contributed by atoms with Crippen LogP contribution in [-0.2, 0) is 0 Å². The van der Waals surface area contributed by atoms with Crippen molar-refractivity contribution in [2.45, 2.75) is 12.8 Å². The molecule has 5 heteroatoms. The first kappa shape index (κ1) is 15.5. The molecule has 1 unspecified atom stereocenters. The average molecular weight is 322 g/mol. The Bertz CT molecular complexity index is 752. The van der Waals surface area contributed by atoms with Gasteiger partial charge in [0.1, 0.15) is 11.7 Å². The summed E-state index contributed by atoms with van der Waals surface area (Å²) in [6.07, 6.45) is 0. The highest BCUT2D eigenvalue weighted by molar-refractivity contribution is 6.35. The van der Waals surface area contributed by atoms with Crippen molar-refractivity contribution < 1.29 is 9.18 Å². The van der Waals surface area contributed by atoms with Crippen molar-refractivity contribution in [3.05, 3.63) is 69.0 Å². The molecule has 0 bridgehead atoms. The third-order valence-corrected chi connectivity index (χ3v) is 3.67. The Balaban J connectivity index is 2.43. The SMILES string of the molecule is Cc1cc(C(=O)C(C#N)c2ccc(Cl)cc2Cl)ccc1F. The lowest BCUT2D eigenvalue weighted by molar-refractivity contribution is 0.0978. The molecule has 0 amide bonds. The summed E-state index contributed by atoms with van der Waals surface area (Å²) in [5.41, 5.74) is 1.00. The number of nitrogens with zero attached hydrogens (tertiary/aromatic N) is 1. The van der Waals surface area contributed by atoms with Crippen LogP contribution in [-0.4, -0.2) is 5.78 Å².